The molecule has 0 fully saturated rings. The van der Waals surface area contributed by atoms with Gasteiger partial charge in [0.05, 0.1) is 0 Å². The van der Waals surface area contributed by atoms with Crippen LogP contribution in [0.1, 0.15) is 17.5 Å². The van der Waals surface area contributed by atoms with Gasteiger partial charge in [-0.3, -0.25) is 4.99 Å². The zero-order chi connectivity index (χ0) is 9.97. The quantitative estimate of drug-likeness (QED) is 0.720. The van der Waals surface area contributed by atoms with Crippen LogP contribution in [-0.4, -0.2) is 17.9 Å². The largest absolute Gasteiger partial charge is 0.508 e. The maximum Gasteiger partial charge on any atom is 0.118 e. The minimum Gasteiger partial charge on any atom is -0.508 e. The topological polar surface area (TPSA) is 32.6 Å². The first-order valence-electron chi connectivity index (χ1n) is 4.76. The van der Waals surface area contributed by atoms with E-state index in [-0.39, 0.29) is 0 Å². The van der Waals surface area contributed by atoms with Crippen molar-refractivity contribution < 1.29 is 5.11 Å². The number of aryl methyl sites for hydroxylation is 1. The lowest BCUT2D eigenvalue weighted by Crippen LogP contribution is -1.94. The number of phenols is 1. The van der Waals surface area contributed by atoms with Crippen molar-refractivity contribution in [2.75, 3.05) is 6.54 Å². The molecule has 0 unspecified atom stereocenters. The summed E-state index contributed by atoms with van der Waals surface area (Å²) < 4.78 is 0. The average molecular weight is 187 g/mol. The monoisotopic (exact) mass is 187 g/mol. The first-order chi connectivity index (χ1) is 6.77. The molecular formula is C12H13NO. The fourth-order valence-electron chi connectivity index (χ4n) is 1.58. The summed E-state index contributed by atoms with van der Waals surface area (Å²) in [5, 5.41) is 9.40. The maximum atomic E-state index is 9.40. The van der Waals surface area contributed by atoms with E-state index in [9.17, 15) is 5.11 Å². The molecule has 0 bridgehead atoms. The molecular weight excluding hydrogens is 174 g/mol. The third-order valence-electron chi connectivity index (χ3n) is 2.46. The van der Waals surface area contributed by atoms with E-state index in [1.807, 2.05) is 31.3 Å². The first-order valence-corrected chi connectivity index (χ1v) is 4.76. The number of hydrogen-bond acceptors (Lipinski definition) is 2. The number of hydrogen-bond donors (Lipinski definition) is 1. The number of aliphatic imine (C=N–C) groups is 1. The van der Waals surface area contributed by atoms with Gasteiger partial charge in [0, 0.05) is 12.8 Å². The summed E-state index contributed by atoms with van der Waals surface area (Å²) in [6.45, 7) is 2.78. The van der Waals surface area contributed by atoms with Crippen molar-refractivity contribution in [3.05, 3.63) is 35.4 Å². The summed E-state index contributed by atoms with van der Waals surface area (Å²) in [5.74, 6) is 0.360. The molecule has 0 saturated carbocycles. The van der Waals surface area contributed by atoms with Crippen LogP contribution in [-0.2, 0) is 0 Å². The second-order valence-electron chi connectivity index (χ2n) is 3.50. The fourth-order valence-corrected chi connectivity index (χ4v) is 1.58. The Morgan fingerprint density at radius 1 is 1.36 bits per heavy atom. The van der Waals surface area contributed by atoms with E-state index in [4.69, 9.17) is 0 Å². The Labute approximate surface area is 83.6 Å². The lowest BCUT2D eigenvalue weighted by Gasteiger charge is -2.10. The van der Waals surface area contributed by atoms with Crippen molar-refractivity contribution in [1.82, 2.24) is 0 Å². The highest BCUT2D eigenvalue weighted by Gasteiger charge is 2.05. The Morgan fingerprint density at radius 2 is 2.21 bits per heavy atom. The molecule has 0 aliphatic carbocycles. The van der Waals surface area contributed by atoms with Crippen molar-refractivity contribution in [2.45, 2.75) is 13.3 Å². The van der Waals surface area contributed by atoms with Gasteiger partial charge in [-0.05, 0) is 48.3 Å². The Hall–Kier alpha value is -1.57. The molecule has 2 heteroatoms. The average Bonchev–Trinajstić information content (AvgIpc) is 2.23. The molecule has 0 radical (unpaired) electrons. The Balaban J connectivity index is 2.37. The van der Waals surface area contributed by atoms with Crippen LogP contribution in [0.4, 0.5) is 0 Å². The summed E-state index contributed by atoms with van der Waals surface area (Å²) in [6.07, 6.45) is 4.87. The number of nitrogens with zero attached hydrogens (tertiary/aromatic N) is 1. The maximum absolute atomic E-state index is 9.40. The molecule has 1 heterocycles. The summed E-state index contributed by atoms with van der Waals surface area (Å²) in [4.78, 5) is 4.14. The van der Waals surface area contributed by atoms with Crippen molar-refractivity contribution in [2.24, 2.45) is 4.99 Å². The van der Waals surface area contributed by atoms with Crippen LogP contribution >= 0.6 is 0 Å². The Morgan fingerprint density at radius 3 is 2.86 bits per heavy atom. The molecule has 2 nitrogen and oxygen atoms in total. The number of benzene rings is 1. The zero-order valence-electron chi connectivity index (χ0n) is 8.20. The molecule has 0 saturated heterocycles. The summed E-state index contributed by atoms with van der Waals surface area (Å²) in [7, 11) is 0. The van der Waals surface area contributed by atoms with Gasteiger partial charge in [0.25, 0.3) is 0 Å². The van der Waals surface area contributed by atoms with Gasteiger partial charge < -0.3 is 5.11 Å². The van der Waals surface area contributed by atoms with Crippen LogP contribution in [0, 0.1) is 6.92 Å². The van der Waals surface area contributed by atoms with Gasteiger partial charge in [-0.25, -0.2) is 0 Å². The van der Waals surface area contributed by atoms with Crippen LogP contribution in [0.15, 0.2) is 29.3 Å². The molecule has 2 rings (SSSR count). The number of rotatable bonds is 1. The van der Waals surface area contributed by atoms with E-state index < -0.39 is 0 Å². The van der Waals surface area contributed by atoms with E-state index in [0.29, 0.717) is 5.75 Å². The minimum atomic E-state index is 0.360. The molecule has 0 amide bonds. The smallest absolute Gasteiger partial charge is 0.118 e. The van der Waals surface area contributed by atoms with E-state index in [1.54, 1.807) is 6.07 Å². The van der Waals surface area contributed by atoms with Crippen LogP contribution < -0.4 is 0 Å². The van der Waals surface area contributed by atoms with Gasteiger partial charge in [-0.1, -0.05) is 6.07 Å². The van der Waals surface area contributed by atoms with Gasteiger partial charge in [0.1, 0.15) is 5.75 Å². The Kier molecular flexibility index (Phi) is 2.35. The van der Waals surface area contributed by atoms with Crippen molar-refractivity contribution >= 4 is 11.8 Å². The first kappa shape index (κ1) is 9.00. The van der Waals surface area contributed by atoms with E-state index in [2.05, 4.69) is 4.99 Å². The molecule has 0 aromatic heterocycles. The van der Waals surface area contributed by atoms with Crippen LogP contribution in [0.5, 0.6) is 5.75 Å². The highest BCUT2D eigenvalue weighted by molar-refractivity contribution is 5.86. The summed E-state index contributed by atoms with van der Waals surface area (Å²) in [6, 6.07) is 5.71. The molecule has 14 heavy (non-hydrogen) atoms. The van der Waals surface area contributed by atoms with Gasteiger partial charge in [-0.2, -0.15) is 0 Å². The lowest BCUT2D eigenvalue weighted by molar-refractivity contribution is 0.471. The fraction of sp³-hybridized carbons (Fsp3) is 0.250. The van der Waals surface area contributed by atoms with Crippen molar-refractivity contribution in [3.8, 4) is 5.75 Å². The predicted molar refractivity (Wildman–Crippen MR) is 58.8 cm³/mol. The highest BCUT2D eigenvalue weighted by Crippen LogP contribution is 2.24. The van der Waals surface area contributed by atoms with E-state index in [1.165, 1.54) is 11.1 Å². The van der Waals surface area contributed by atoms with Crippen molar-refractivity contribution in [3.63, 3.8) is 0 Å². The van der Waals surface area contributed by atoms with Crippen molar-refractivity contribution in [1.29, 1.82) is 0 Å². The third kappa shape index (κ3) is 1.69. The second-order valence-corrected chi connectivity index (χ2v) is 3.50. The number of phenolic OH excluding ortho intramolecular Hbond substituents is 1. The molecule has 1 aromatic carbocycles. The molecule has 0 spiro atoms. The lowest BCUT2D eigenvalue weighted by atomic mass is 9.99. The molecule has 1 aliphatic heterocycles. The predicted octanol–water partition coefficient (Wildman–Crippen LogP) is 2.56. The zero-order valence-corrected chi connectivity index (χ0v) is 8.20. The number of aromatic hydroxyl groups is 1. The molecule has 1 aromatic rings. The van der Waals surface area contributed by atoms with Gasteiger partial charge in [0.2, 0.25) is 0 Å². The van der Waals surface area contributed by atoms with Gasteiger partial charge >= 0.3 is 0 Å². The minimum absolute atomic E-state index is 0.360. The molecule has 0 atom stereocenters. The number of dihydropyridines is 1. The standard InChI is InChI=1S/C12H13NO/c1-9-8-11(2-3-12(9)14)10-4-6-13-7-5-10/h2-4,6,8,14H,5,7H2,1H3. The van der Waals surface area contributed by atoms with E-state index in [0.717, 1.165) is 18.5 Å². The van der Waals surface area contributed by atoms with Crippen LogP contribution in [0.2, 0.25) is 0 Å². The van der Waals surface area contributed by atoms with E-state index >= 15 is 0 Å². The third-order valence-corrected chi connectivity index (χ3v) is 2.46. The number of allylic oxidation sites excluding steroid dienone is 1. The normalized spacial score (nSPS) is 15.4. The molecule has 72 valence electrons. The molecule has 1 N–H and O–H groups in total. The second kappa shape index (κ2) is 3.66. The van der Waals surface area contributed by atoms with Gasteiger partial charge in [-0.15, -0.1) is 0 Å². The summed E-state index contributed by atoms with van der Waals surface area (Å²) in [5.41, 5.74) is 3.40. The van der Waals surface area contributed by atoms with Crippen LogP contribution in [0.3, 0.4) is 0 Å². The Bertz CT molecular complexity index is 405. The SMILES string of the molecule is Cc1cc(C2=CC=NCC2)ccc1O. The summed E-state index contributed by atoms with van der Waals surface area (Å²) >= 11 is 0. The molecule has 1 aliphatic rings. The highest BCUT2D eigenvalue weighted by atomic mass is 16.3. The van der Waals surface area contributed by atoms with Gasteiger partial charge in [0.15, 0.2) is 0 Å². The van der Waals surface area contributed by atoms with Crippen LogP contribution in [0.25, 0.3) is 5.57 Å².